The lowest BCUT2D eigenvalue weighted by molar-refractivity contribution is -0.122. The van der Waals surface area contributed by atoms with E-state index in [1.54, 1.807) is 7.05 Å². The van der Waals surface area contributed by atoms with Crippen LogP contribution in [-0.2, 0) is 11.3 Å². The van der Waals surface area contributed by atoms with E-state index in [0.717, 1.165) is 18.3 Å². The first-order valence-corrected chi connectivity index (χ1v) is 5.93. The number of hydrogen-bond donors (Lipinski definition) is 2. The van der Waals surface area contributed by atoms with Crippen molar-refractivity contribution in [3.8, 4) is 5.75 Å². The van der Waals surface area contributed by atoms with Gasteiger partial charge in [0, 0.05) is 19.6 Å². The van der Waals surface area contributed by atoms with Gasteiger partial charge in [0.05, 0.1) is 0 Å². The van der Waals surface area contributed by atoms with Crippen molar-refractivity contribution in [2.75, 3.05) is 13.7 Å². The van der Waals surface area contributed by atoms with Gasteiger partial charge in [-0.3, -0.25) is 4.79 Å². The lowest BCUT2D eigenvalue weighted by Crippen LogP contribution is -2.24. The third-order valence-corrected chi connectivity index (χ3v) is 2.74. The Bertz CT molecular complexity index is 372. The molecule has 4 heteroatoms. The number of benzene rings is 1. The molecule has 4 nitrogen and oxygen atoms in total. The van der Waals surface area contributed by atoms with Crippen LogP contribution in [0.4, 0.5) is 0 Å². The van der Waals surface area contributed by atoms with Crippen LogP contribution < -0.4 is 15.4 Å². The smallest absolute Gasteiger partial charge is 0.257 e. The van der Waals surface area contributed by atoms with Gasteiger partial charge in [0.15, 0.2) is 6.61 Å². The van der Waals surface area contributed by atoms with Gasteiger partial charge in [-0.05, 0) is 30.5 Å². The normalized spacial score (nSPS) is 14.4. The van der Waals surface area contributed by atoms with Crippen LogP contribution in [0.15, 0.2) is 24.3 Å². The van der Waals surface area contributed by atoms with E-state index in [9.17, 15) is 4.79 Å². The predicted octanol–water partition coefficient (Wildman–Crippen LogP) is 1.06. The molecule has 1 saturated carbocycles. The van der Waals surface area contributed by atoms with Crippen LogP contribution in [0.5, 0.6) is 5.75 Å². The summed E-state index contributed by atoms with van der Waals surface area (Å²) in [6, 6.07) is 8.56. The zero-order valence-corrected chi connectivity index (χ0v) is 10.0. The van der Waals surface area contributed by atoms with Crippen LogP contribution in [0, 0.1) is 0 Å². The average molecular weight is 234 g/mol. The number of nitrogens with one attached hydrogen (secondary N) is 2. The molecular weight excluding hydrogens is 216 g/mol. The van der Waals surface area contributed by atoms with Crippen molar-refractivity contribution in [3.63, 3.8) is 0 Å². The number of ether oxygens (including phenoxy) is 1. The number of amides is 1. The Hall–Kier alpha value is -1.55. The molecule has 0 radical (unpaired) electrons. The predicted molar refractivity (Wildman–Crippen MR) is 65.9 cm³/mol. The molecule has 1 aromatic rings. The van der Waals surface area contributed by atoms with Crippen LogP contribution in [-0.4, -0.2) is 25.6 Å². The number of hydrogen-bond acceptors (Lipinski definition) is 3. The summed E-state index contributed by atoms with van der Waals surface area (Å²) in [5.74, 6) is 0.605. The third-order valence-electron chi connectivity index (χ3n) is 2.74. The molecule has 1 fully saturated rings. The van der Waals surface area contributed by atoms with Gasteiger partial charge in [0.25, 0.3) is 5.91 Å². The number of carbonyl (C=O) groups is 1. The maximum Gasteiger partial charge on any atom is 0.257 e. The van der Waals surface area contributed by atoms with E-state index >= 15 is 0 Å². The first-order valence-electron chi connectivity index (χ1n) is 5.93. The van der Waals surface area contributed by atoms with Crippen molar-refractivity contribution < 1.29 is 9.53 Å². The molecule has 0 aromatic heterocycles. The SMILES string of the molecule is CNC(=O)COc1ccc(CNC2CC2)cc1. The minimum Gasteiger partial charge on any atom is -0.484 e. The van der Waals surface area contributed by atoms with Gasteiger partial charge in [-0.1, -0.05) is 12.1 Å². The lowest BCUT2D eigenvalue weighted by Gasteiger charge is -2.07. The fourth-order valence-electron chi connectivity index (χ4n) is 1.47. The van der Waals surface area contributed by atoms with E-state index in [2.05, 4.69) is 10.6 Å². The lowest BCUT2D eigenvalue weighted by atomic mass is 10.2. The van der Waals surface area contributed by atoms with Gasteiger partial charge in [-0.2, -0.15) is 0 Å². The Balaban J connectivity index is 1.77. The highest BCUT2D eigenvalue weighted by molar-refractivity contribution is 5.77. The van der Waals surface area contributed by atoms with Gasteiger partial charge < -0.3 is 15.4 Å². The third kappa shape index (κ3) is 4.07. The summed E-state index contributed by atoms with van der Waals surface area (Å²) in [5.41, 5.74) is 1.24. The molecule has 0 spiro atoms. The Morgan fingerprint density at radius 2 is 2.06 bits per heavy atom. The molecule has 1 aliphatic rings. The molecule has 17 heavy (non-hydrogen) atoms. The molecule has 0 bridgehead atoms. The molecule has 0 aliphatic heterocycles. The van der Waals surface area contributed by atoms with Crippen LogP contribution in [0.25, 0.3) is 0 Å². The van der Waals surface area contributed by atoms with Gasteiger partial charge in [-0.15, -0.1) is 0 Å². The van der Waals surface area contributed by atoms with Crippen LogP contribution >= 0.6 is 0 Å². The summed E-state index contributed by atoms with van der Waals surface area (Å²) in [5, 5.41) is 5.96. The summed E-state index contributed by atoms with van der Waals surface area (Å²) in [6.45, 7) is 0.969. The van der Waals surface area contributed by atoms with Crippen molar-refractivity contribution in [2.45, 2.75) is 25.4 Å². The van der Waals surface area contributed by atoms with E-state index in [1.807, 2.05) is 24.3 Å². The Labute approximate surface area is 101 Å². The zero-order chi connectivity index (χ0) is 12.1. The highest BCUT2D eigenvalue weighted by atomic mass is 16.5. The van der Waals surface area contributed by atoms with Crippen LogP contribution in [0.1, 0.15) is 18.4 Å². The van der Waals surface area contributed by atoms with E-state index in [-0.39, 0.29) is 12.5 Å². The molecule has 92 valence electrons. The fraction of sp³-hybridized carbons (Fsp3) is 0.462. The molecule has 0 unspecified atom stereocenters. The summed E-state index contributed by atoms with van der Waals surface area (Å²) >= 11 is 0. The second kappa shape index (κ2) is 5.68. The molecule has 0 heterocycles. The quantitative estimate of drug-likeness (QED) is 0.774. The Morgan fingerprint density at radius 1 is 1.35 bits per heavy atom. The van der Waals surface area contributed by atoms with E-state index in [0.29, 0.717) is 0 Å². The van der Waals surface area contributed by atoms with E-state index in [1.165, 1.54) is 18.4 Å². The standard InChI is InChI=1S/C13H18N2O2/c1-14-13(16)9-17-12-6-2-10(3-7-12)8-15-11-4-5-11/h2-3,6-7,11,15H,4-5,8-9H2,1H3,(H,14,16). The second-order valence-electron chi connectivity index (χ2n) is 4.26. The number of rotatable bonds is 6. The summed E-state index contributed by atoms with van der Waals surface area (Å²) in [7, 11) is 1.60. The van der Waals surface area contributed by atoms with Crippen LogP contribution in [0.2, 0.25) is 0 Å². The maximum absolute atomic E-state index is 11.0. The van der Waals surface area contributed by atoms with Crippen molar-refractivity contribution >= 4 is 5.91 Å². The molecule has 1 aliphatic carbocycles. The average Bonchev–Trinajstić information content (AvgIpc) is 3.18. The molecule has 1 amide bonds. The maximum atomic E-state index is 11.0. The first-order chi connectivity index (χ1) is 8.28. The minimum atomic E-state index is -0.121. The number of likely N-dealkylation sites (N-methyl/N-ethyl adjacent to an activating group) is 1. The monoisotopic (exact) mass is 234 g/mol. The van der Waals surface area contributed by atoms with E-state index in [4.69, 9.17) is 4.74 Å². The Morgan fingerprint density at radius 3 is 2.65 bits per heavy atom. The molecule has 0 atom stereocenters. The molecule has 2 N–H and O–H groups in total. The summed E-state index contributed by atoms with van der Waals surface area (Å²) < 4.78 is 5.32. The van der Waals surface area contributed by atoms with Crippen LogP contribution in [0.3, 0.4) is 0 Å². The summed E-state index contributed by atoms with van der Waals surface area (Å²) in [4.78, 5) is 11.0. The summed E-state index contributed by atoms with van der Waals surface area (Å²) in [6.07, 6.45) is 2.60. The topological polar surface area (TPSA) is 50.4 Å². The van der Waals surface area contributed by atoms with Gasteiger partial charge >= 0.3 is 0 Å². The number of carbonyl (C=O) groups excluding carboxylic acids is 1. The van der Waals surface area contributed by atoms with E-state index < -0.39 is 0 Å². The first kappa shape index (κ1) is 11.9. The highest BCUT2D eigenvalue weighted by Gasteiger charge is 2.19. The van der Waals surface area contributed by atoms with Crippen molar-refractivity contribution in [1.82, 2.24) is 10.6 Å². The second-order valence-corrected chi connectivity index (χ2v) is 4.26. The van der Waals surface area contributed by atoms with Gasteiger partial charge in [0.2, 0.25) is 0 Å². The molecule has 1 aromatic carbocycles. The zero-order valence-electron chi connectivity index (χ0n) is 10.0. The Kier molecular flexibility index (Phi) is 3.98. The largest absolute Gasteiger partial charge is 0.484 e. The van der Waals surface area contributed by atoms with Crippen molar-refractivity contribution in [2.24, 2.45) is 0 Å². The highest BCUT2D eigenvalue weighted by Crippen LogP contribution is 2.19. The van der Waals surface area contributed by atoms with Gasteiger partial charge in [-0.25, -0.2) is 0 Å². The molecule has 0 saturated heterocycles. The molecular formula is C13H18N2O2. The fourth-order valence-corrected chi connectivity index (χ4v) is 1.47. The molecule has 2 rings (SSSR count). The minimum absolute atomic E-state index is 0.0656. The van der Waals surface area contributed by atoms with Crippen molar-refractivity contribution in [3.05, 3.63) is 29.8 Å². The van der Waals surface area contributed by atoms with Gasteiger partial charge in [0.1, 0.15) is 5.75 Å². The van der Waals surface area contributed by atoms with Crippen molar-refractivity contribution in [1.29, 1.82) is 0 Å².